The molecule has 2 rings (SSSR count). The second kappa shape index (κ2) is 9.68. The molecule has 1 amide bonds. The predicted octanol–water partition coefficient (Wildman–Crippen LogP) is 3.52. The van der Waals surface area contributed by atoms with Crippen molar-refractivity contribution in [3.63, 3.8) is 0 Å². The molecule has 0 aromatic heterocycles. The fourth-order valence-corrected chi connectivity index (χ4v) is 3.74. The highest BCUT2D eigenvalue weighted by molar-refractivity contribution is 5.85. The largest absolute Gasteiger partial charge is 0.353 e. The first-order valence-electron chi connectivity index (χ1n) is 8.65. The van der Waals surface area contributed by atoms with E-state index in [9.17, 15) is 4.79 Å². The van der Waals surface area contributed by atoms with E-state index < -0.39 is 0 Å². The lowest BCUT2D eigenvalue weighted by atomic mass is 9.85. The number of carbonyl (C=O) groups excluding carboxylic acids is 1. The van der Waals surface area contributed by atoms with Crippen molar-refractivity contribution in [3.8, 4) is 0 Å². The molecule has 2 fully saturated rings. The van der Waals surface area contributed by atoms with E-state index in [0.29, 0.717) is 24.3 Å². The Morgan fingerprint density at radius 3 is 2.71 bits per heavy atom. The highest BCUT2D eigenvalue weighted by Crippen LogP contribution is 2.24. The summed E-state index contributed by atoms with van der Waals surface area (Å²) in [5.41, 5.74) is 0. The summed E-state index contributed by atoms with van der Waals surface area (Å²) in [6.07, 6.45) is 9.47. The van der Waals surface area contributed by atoms with Gasteiger partial charge >= 0.3 is 0 Å². The van der Waals surface area contributed by atoms with Crippen LogP contribution < -0.4 is 10.6 Å². The van der Waals surface area contributed by atoms with Crippen molar-refractivity contribution >= 4 is 18.3 Å². The Kier molecular flexibility index (Phi) is 8.65. The summed E-state index contributed by atoms with van der Waals surface area (Å²) >= 11 is 0. The van der Waals surface area contributed by atoms with Crippen molar-refractivity contribution in [1.29, 1.82) is 0 Å². The first-order chi connectivity index (χ1) is 9.65. The molecular weight excluding hydrogens is 284 g/mol. The van der Waals surface area contributed by atoms with Gasteiger partial charge in [0.05, 0.1) is 0 Å². The van der Waals surface area contributed by atoms with E-state index in [1.54, 1.807) is 0 Å². The van der Waals surface area contributed by atoms with Crippen molar-refractivity contribution in [2.75, 3.05) is 13.1 Å². The third-order valence-corrected chi connectivity index (χ3v) is 5.27. The summed E-state index contributed by atoms with van der Waals surface area (Å²) in [5.74, 6) is 2.31. The Morgan fingerprint density at radius 1 is 1.19 bits per heavy atom. The number of rotatable bonds is 4. The first kappa shape index (κ1) is 18.8. The second-order valence-electron chi connectivity index (χ2n) is 7.17. The molecule has 21 heavy (non-hydrogen) atoms. The fourth-order valence-electron chi connectivity index (χ4n) is 3.74. The first-order valence-corrected chi connectivity index (χ1v) is 8.65. The van der Waals surface area contributed by atoms with Gasteiger partial charge in [0.25, 0.3) is 0 Å². The van der Waals surface area contributed by atoms with Crippen LogP contribution in [0.4, 0.5) is 0 Å². The highest BCUT2D eigenvalue weighted by Gasteiger charge is 2.23. The van der Waals surface area contributed by atoms with E-state index in [2.05, 4.69) is 24.5 Å². The van der Waals surface area contributed by atoms with Crippen LogP contribution in [0.1, 0.15) is 65.2 Å². The Morgan fingerprint density at radius 2 is 2.00 bits per heavy atom. The zero-order chi connectivity index (χ0) is 14.4. The van der Waals surface area contributed by atoms with Gasteiger partial charge in [-0.1, -0.05) is 26.7 Å². The molecule has 4 atom stereocenters. The maximum Gasteiger partial charge on any atom is 0.220 e. The van der Waals surface area contributed by atoms with Crippen molar-refractivity contribution in [3.05, 3.63) is 0 Å². The minimum Gasteiger partial charge on any atom is -0.353 e. The number of amides is 1. The van der Waals surface area contributed by atoms with Crippen LogP contribution in [-0.4, -0.2) is 25.0 Å². The zero-order valence-electron chi connectivity index (χ0n) is 13.7. The lowest BCUT2D eigenvalue weighted by Crippen LogP contribution is -2.38. The van der Waals surface area contributed by atoms with E-state index in [0.717, 1.165) is 19.0 Å². The summed E-state index contributed by atoms with van der Waals surface area (Å²) in [4.78, 5) is 12.2. The molecule has 124 valence electrons. The Balaban J connectivity index is 0.00000220. The molecule has 1 saturated carbocycles. The topological polar surface area (TPSA) is 41.1 Å². The van der Waals surface area contributed by atoms with Gasteiger partial charge < -0.3 is 10.6 Å². The fraction of sp³-hybridized carbons (Fsp3) is 0.941. The normalized spacial score (nSPS) is 31.6. The van der Waals surface area contributed by atoms with E-state index in [1.807, 2.05) is 0 Å². The molecule has 3 nitrogen and oxygen atoms in total. The highest BCUT2D eigenvalue weighted by atomic mass is 35.5. The summed E-state index contributed by atoms with van der Waals surface area (Å²) in [7, 11) is 0. The van der Waals surface area contributed by atoms with Crippen LogP contribution in [0.5, 0.6) is 0 Å². The number of nitrogens with one attached hydrogen (secondary N) is 2. The number of halogens is 1. The second-order valence-corrected chi connectivity index (χ2v) is 7.17. The molecule has 0 aromatic carbocycles. The summed E-state index contributed by atoms with van der Waals surface area (Å²) < 4.78 is 0. The summed E-state index contributed by atoms with van der Waals surface area (Å²) in [6.45, 7) is 6.82. The lowest BCUT2D eigenvalue weighted by Gasteiger charge is -2.28. The molecule has 4 heteroatoms. The Hall–Kier alpha value is -0.280. The molecule has 1 saturated heterocycles. The van der Waals surface area contributed by atoms with Crippen LogP contribution in [0.25, 0.3) is 0 Å². The molecule has 0 radical (unpaired) electrons. The van der Waals surface area contributed by atoms with E-state index in [4.69, 9.17) is 0 Å². The van der Waals surface area contributed by atoms with Crippen LogP contribution in [-0.2, 0) is 4.79 Å². The molecule has 1 heterocycles. The Labute approximate surface area is 136 Å². The minimum absolute atomic E-state index is 0. The van der Waals surface area contributed by atoms with Crippen LogP contribution >= 0.6 is 12.4 Å². The third-order valence-electron chi connectivity index (χ3n) is 5.27. The zero-order valence-corrected chi connectivity index (χ0v) is 14.5. The maximum absolute atomic E-state index is 12.2. The lowest BCUT2D eigenvalue weighted by molar-refractivity contribution is -0.123. The van der Waals surface area contributed by atoms with Gasteiger partial charge in [0.1, 0.15) is 0 Å². The molecule has 2 N–H and O–H groups in total. The van der Waals surface area contributed by atoms with Crippen molar-refractivity contribution in [2.24, 2.45) is 17.8 Å². The van der Waals surface area contributed by atoms with Gasteiger partial charge in [-0.25, -0.2) is 0 Å². The Bertz CT molecular complexity index is 299. The van der Waals surface area contributed by atoms with Crippen molar-refractivity contribution in [1.82, 2.24) is 10.6 Å². The molecule has 1 aliphatic carbocycles. The van der Waals surface area contributed by atoms with Crippen LogP contribution in [0.2, 0.25) is 0 Å². The third kappa shape index (κ3) is 6.56. The quantitative estimate of drug-likeness (QED) is 0.779. The van der Waals surface area contributed by atoms with Gasteiger partial charge in [-0.2, -0.15) is 0 Å². The minimum atomic E-state index is 0. The number of carbonyl (C=O) groups is 1. The maximum atomic E-state index is 12.2. The van der Waals surface area contributed by atoms with Gasteiger partial charge in [-0.15, -0.1) is 12.4 Å². The van der Waals surface area contributed by atoms with Crippen LogP contribution in [0.3, 0.4) is 0 Å². The van der Waals surface area contributed by atoms with Gasteiger partial charge in [0, 0.05) is 12.5 Å². The molecular formula is C17H33ClN2O. The predicted molar refractivity (Wildman–Crippen MR) is 90.8 cm³/mol. The molecule has 0 spiro atoms. The molecule has 0 bridgehead atoms. The summed E-state index contributed by atoms with van der Waals surface area (Å²) in [6, 6.07) is 0.434. The van der Waals surface area contributed by atoms with Gasteiger partial charge in [-0.3, -0.25) is 4.79 Å². The van der Waals surface area contributed by atoms with Gasteiger partial charge in [0.15, 0.2) is 0 Å². The number of piperidine rings is 1. The number of hydrogen-bond acceptors (Lipinski definition) is 2. The molecule has 2 aliphatic rings. The average molecular weight is 317 g/mol. The molecule has 4 unspecified atom stereocenters. The van der Waals surface area contributed by atoms with Gasteiger partial charge in [-0.05, 0) is 62.9 Å². The monoisotopic (exact) mass is 316 g/mol. The molecule has 1 aliphatic heterocycles. The average Bonchev–Trinajstić information content (AvgIpc) is 2.64. The molecule has 0 aromatic rings. The van der Waals surface area contributed by atoms with Crippen LogP contribution in [0.15, 0.2) is 0 Å². The van der Waals surface area contributed by atoms with E-state index in [1.165, 1.54) is 44.9 Å². The smallest absolute Gasteiger partial charge is 0.220 e. The van der Waals surface area contributed by atoms with E-state index in [-0.39, 0.29) is 18.3 Å². The van der Waals surface area contributed by atoms with Crippen molar-refractivity contribution in [2.45, 2.75) is 71.3 Å². The van der Waals surface area contributed by atoms with Crippen molar-refractivity contribution < 1.29 is 4.79 Å². The standard InChI is InChI=1S/C17H32N2O.ClH/c1-13-5-3-7-16(9-8-13)19-17(20)11-14(2)15-6-4-10-18-12-15;/h13-16,18H,3-12H2,1-2H3,(H,19,20);1H. The van der Waals surface area contributed by atoms with Gasteiger partial charge in [0.2, 0.25) is 5.91 Å². The van der Waals surface area contributed by atoms with E-state index >= 15 is 0 Å². The summed E-state index contributed by atoms with van der Waals surface area (Å²) in [5, 5.41) is 6.74. The number of hydrogen-bond donors (Lipinski definition) is 2. The SMILES string of the molecule is CC1CCCC(NC(=O)CC(C)C2CCCNC2)CC1.Cl. The van der Waals surface area contributed by atoms with Crippen LogP contribution in [0, 0.1) is 17.8 Å².